The van der Waals surface area contributed by atoms with E-state index in [2.05, 4.69) is 61.2 Å². The van der Waals surface area contributed by atoms with Crippen molar-refractivity contribution in [2.24, 2.45) is 0 Å². The van der Waals surface area contributed by atoms with Crippen LogP contribution in [-0.2, 0) is 0 Å². The van der Waals surface area contributed by atoms with Crippen molar-refractivity contribution < 1.29 is 0 Å². The first-order valence-electron chi connectivity index (χ1n) is 6.28. The van der Waals surface area contributed by atoms with Crippen LogP contribution in [-0.4, -0.2) is 16.5 Å². The fourth-order valence-corrected chi connectivity index (χ4v) is 3.73. The van der Waals surface area contributed by atoms with Crippen LogP contribution in [0, 0.1) is 12.3 Å². The maximum Gasteiger partial charge on any atom is 0.144 e. The highest BCUT2D eigenvalue weighted by molar-refractivity contribution is 6.80. The van der Waals surface area contributed by atoms with Crippen LogP contribution >= 0.6 is 0 Å². The fraction of sp³-hybridized carbons (Fsp3) is 0.429. The van der Waals surface area contributed by atoms with Gasteiger partial charge in [-0.1, -0.05) is 51.3 Å². The lowest BCUT2D eigenvalue weighted by Crippen LogP contribution is -2.36. The van der Waals surface area contributed by atoms with E-state index in [1.54, 1.807) is 0 Å². The Bertz CT molecular complexity index is 462. The zero-order valence-electron chi connectivity index (χ0n) is 12.3. The molecule has 0 aliphatic carbocycles. The first kappa shape index (κ1) is 14.9. The van der Waals surface area contributed by atoms with E-state index in [1.807, 2.05) is 12.1 Å². The molecule has 0 spiro atoms. The van der Waals surface area contributed by atoms with Crippen molar-refractivity contribution in [1.29, 1.82) is 0 Å². The van der Waals surface area contributed by atoms with E-state index < -0.39 is 16.5 Å². The first-order chi connectivity index (χ1) is 8.12. The summed E-state index contributed by atoms with van der Waals surface area (Å²) in [5, 5.41) is 0. The summed E-state index contributed by atoms with van der Waals surface area (Å²) < 4.78 is 0. The van der Waals surface area contributed by atoms with Crippen LogP contribution in [0.4, 0.5) is 11.4 Å². The number of rotatable bonds is 4. The Balaban J connectivity index is 3.22. The summed E-state index contributed by atoms with van der Waals surface area (Å²) in [5.74, 6) is 2.78. The van der Waals surface area contributed by atoms with Gasteiger partial charge in [-0.05, 0) is 12.1 Å². The van der Waals surface area contributed by atoms with Gasteiger partial charge in [-0.15, -0.1) is 6.42 Å². The van der Waals surface area contributed by atoms with Gasteiger partial charge in [0.25, 0.3) is 0 Å². The van der Waals surface area contributed by atoms with Crippen molar-refractivity contribution in [2.45, 2.75) is 39.3 Å². The predicted molar refractivity (Wildman–Crippen MR) is 88.3 cm³/mol. The molecule has 0 radical (unpaired) electrons. The molecule has 0 heterocycles. The maximum absolute atomic E-state index is 5.61. The third-order valence-electron chi connectivity index (χ3n) is 2.23. The maximum atomic E-state index is 5.61. The number of hydrogen-bond acceptors (Lipinski definition) is 2. The van der Waals surface area contributed by atoms with Gasteiger partial charge < -0.3 is 9.96 Å². The molecule has 2 nitrogen and oxygen atoms in total. The van der Waals surface area contributed by atoms with Gasteiger partial charge in [-0.25, -0.2) is 0 Å². The second-order valence-electron chi connectivity index (χ2n) is 6.62. The molecule has 1 aromatic rings. The lowest BCUT2D eigenvalue weighted by molar-refractivity contribution is 1.51. The fourth-order valence-electron chi connectivity index (χ4n) is 1.69. The molecule has 98 valence electrons. The Morgan fingerprint density at radius 2 is 1.50 bits per heavy atom. The molecule has 0 bridgehead atoms. The number of terminal acetylenes is 1. The Kier molecular flexibility index (Phi) is 4.30. The van der Waals surface area contributed by atoms with Crippen LogP contribution in [0.2, 0.25) is 39.3 Å². The second-order valence-corrected chi connectivity index (χ2v) is 16.1. The SMILES string of the molecule is C#Cc1cccc(N[Si](C)(C)C)c1N[Si](C)(C)C. The Morgan fingerprint density at radius 1 is 0.944 bits per heavy atom. The molecule has 1 rings (SSSR count). The van der Waals surface area contributed by atoms with E-state index >= 15 is 0 Å². The van der Waals surface area contributed by atoms with Crippen LogP contribution in [0.3, 0.4) is 0 Å². The molecule has 4 heteroatoms. The van der Waals surface area contributed by atoms with Gasteiger partial charge in [-0.3, -0.25) is 0 Å². The van der Waals surface area contributed by atoms with Crippen molar-refractivity contribution in [3.8, 4) is 12.3 Å². The summed E-state index contributed by atoms with van der Waals surface area (Å²) in [5.41, 5.74) is 3.19. The molecule has 1 aromatic carbocycles. The van der Waals surface area contributed by atoms with E-state index in [0.29, 0.717) is 0 Å². The molecular formula is C14H24N2Si2. The number of para-hydroxylation sites is 1. The van der Waals surface area contributed by atoms with Crippen molar-refractivity contribution in [1.82, 2.24) is 0 Å². The van der Waals surface area contributed by atoms with Gasteiger partial charge >= 0.3 is 0 Å². The Morgan fingerprint density at radius 3 is 1.94 bits per heavy atom. The normalized spacial score (nSPS) is 11.8. The molecule has 0 saturated heterocycles. The molecule has 18 heavy (non-hydrogen) atoms. The smallest absolute Gasteiger partial charge is 0.144 e. The van der Waals surface area contributed by atoms with Gasteiger partial charge in [0.05, 0.1) is 11.4 Å². The highest BCUT2D eigenvalue weighted by atomic mass is 28.3. The summed E-state index contributed by atoms with van der Waals surface area (Å²) in [6.07, 6.45) is 5.61. The largest absolute Gasteiger partial charge is 0.409 e. The van der Waals surface area contributed by atoms with E-state index in [-0.39, 0.29) is 0 Å². The molecule has 0 aliphatic heterocycles. The van der Waals surface area contributed by atoms with Crippen molar-refractivity contribution >= 4 is 27.8 Å². The van der Waals surface area contributed by atoms with E-state index in [1.165, 1.54) is 0 Å². The van der Waals surface area contributed by atoms with E-state index in [0.717, 1.165) is 16.9 Å². The highest BCUT2D eigenvalue weighted by Gasteiger charge is 2.20. The summed E-state index contributed by atoms with van der Waals surface area (Å²) in [6, 6.07) is 6.13. The number of hydrogen-bond donors (Lipinski definition) is 2. The number of benzene rings is 1. The molecule has 0 saturated carbocycles. The van der Waals surface area contributed by atoms with E-state index in [9.17, 15) is 0 Å². The van der Waals surface area contributed by atoms with Crippen LogP contribution in [0.1, 0.15) is 5.56 Å². The molecule has 0 atom stereocenters. The topological polar surface area (TPSA) is 24.1 Å². The summed E-state index contributed by atoms with van der Waals surface area (Å²) in [4.78, 5) is 7.30. The lowest BCUT2D eigenvalue weighted by atomic mass is 10.1. The standard InChI is InChI=1S/C14H24N2Si2/c1-8-12-10-9-11-13(15-17(2,3)4)14(12)16-18(5,6)7/h1,9-11,15-16H,2-7H3. The minimum Gasteiger partial charge on any atom is -0.409 e. The zero-order valence-corrected chi connectivity index (χ0v) is 14.3. The monoisotopic (exact) mass is 276 g/mol. The molecule has 0 aliphatic rings. The molecule has 0 fully saturated rings. The van der Waals surface area contributed by atoms with Crippen LogP contribution in [0.25, 0.3) is 0 Å². The summed E-state index contributed by atoms with van der Waals surface area (Å²) >= 11 is 0. The average Bonchev–Trinajstić information content (AvgIpc) is 2.16. The van der Waals surface area contributed by atoms with Crippen molar-refractivity contribution in [3.05, 3.63) is 23.8 Å². The number of anilines is 2. The van der Waals surface area contributed by atoms with Gasteiger partial charge in [-0.2, -0.15) is 0 Å². The van der Waals surface area contributed by atoms with Gasteiger partial charge in [0.1, 0.15) is 16.5 Å². The first-order valence-corrected chi connectivity index (χ1v) is 13.3. The molecule has 2 N–H and O–H groups in total. The summed E-state index contributed by atoms with van der Waals surface area (Å²) in [7, 11) is -2.81. The molecule has 0 aromatic heterocycles. The van der Waals surface area contributed by atoms with Crippen molar-refractivity contribution in [2.75, 3.05) is 9.96 Å². The van der Waals surface area contributed by atoms with Crippen LogP contribution < -0.4 is 9.96 Å². The average molecular weight is 277 g/mol. The molecule has 0 amide bonds. The van der Waals surface area contributed by atoms with Crippen LogP contribution in [0.5, 0.6) is 0 Å². The third kappa shape index (κ3) is 4.59. The summed E-state index contributed by atoms with van der Waals surface area (Å²) in [6.45, 7) is 13.7. The van der Waals surface area contributed by atoms with Crippen molar-refractivity contribution in [3.63, 3.8) is 0 Å². The van der Waals surface area contributed by atoms with Gasteiger partial charge in [0.2, 0.25) is 0 Å². The minimum absolute atomic E-state index is 0.945. The van der Waals surface area contributed by atoms with Crippen LogP contribution in [0.15, 0.2) is 18.2 Å². The zero-order chi connectivity index (χ0) is 14.0. The third-order valence-corrected chi connectivity index (χ3v) is 4.25. The van der Waals surface area contributed by atoms with E-state index in [4.69, 9.17) is 6.42 Å². The van der Waals surface area contributed by atoms with Gasteiger partial charge in [0, 0.05) is 5.56 Å². The quantitative estimate of drug-likeness (QED) is 0.637. The lowest BCUT2D eigenvalue weighted by Gasteiger charge is -2.27. The minimum atomic E-state index is -1.42. The second kappa shape index (κ2) is 5.21. The van der Waals surface area contributed by atoms with Gasteiger partial charge in [0.15, 0.2) is 0 Å². The number of nitrogens with one attached hydrogen (secondary N) is 2. The Hall–Kier alpha value is -1.19. The molecular weight excluding hydrogens is 252 g/mol. The molecule has 0 unspecified atom stereocenters. The highest BCUT2D eigenvalue weighted by Crippen LogP contribution is 2.29. The Labute approximate surface area is 113 Å². The predicted octanol–water partition coefficient (Wildman–Crippen LogP) is 4.16.